The Hall–Kier alpha value is -0.490. The first-order valence-electron chi connectivity index (χ1n) is 3.25. The summed E-state index contributed by atoms with van der Waals surface area (Å²) in [6.45, 7) is 1.32. The molecular weight excluding hydrogens is 150 g/mol. The van der Waals surface area contributed by atoms with Crippen molar-refractivity contribution in [1.82, 2.24) is 0 Å². The lowest BCUT2D eigenvalue weighted by atomic mass is 10.0. The standard InChI is InChI=1S/C6H13NO4/c1-3(9)6(11)5(7)4(10)2-8/h2-6,9-11H,7H2,1H3/t3-,4-,5+,6-/m1/s1. The Morgan fingerprint density at radius 3 is 2.09 bits per heavy atom. The van der Waals surface area contributed by atoms with Gasteiger partial charge >= 0.3 is 0 Å². The SMILES string of the molecule is C[C@@H](O)[C@@H](O)[C@@H](N)[C@H](O)C=O. The second-order valence-electron chi connectivity index (χ2n) is 2.44. The highest BCUT2D eigenvalue weighted by atomic mass is 16.3. The lowest BCUT2D eigenvalue weighted by Crippen LogP contribution is -2.50. The third-order valence-corrected chi connectivity index (χ3v) is 1.42. The Kier molecular flexibility index (Phi) is 4.20. The van der Waals surface area contributed by atoms with Crippen LogP contribution in [0, 0.1) is 0 Å². The fourth-order valence-corrected chi connectivity index (χ4v) is 0.614. The van der Waals surface area contributed by atoms with Gasteiger partial charge in [-0.3, -0.25) is 0 Å². The second kappa shape index (κ2) is 4.40. The molecule has 0 saturated carbocycles. The van der Waals surface area contributed by atoms with Crippen molar-refractivity contribution in [3.8, 4) is 0 Å². The zero-order valence-corrected chi connectivity index (χ0v) is 6.21. The van der Waals surface area contributed by atoms with Gasteiger partial charge in [-0.15, -0.1) is 0 Å². The highest BCUT2D eigenvalue weighted by molar-refractivity contribution is 5.57. The van der Waals surface area contributed by atoms with Crippen LogP contribution in [0.15, 0.2) is 0 Å². The second-order valence-corrected chi connectivity index (χ2v) is 2.44. The van der Waals surface area contributed by atoms with Gasteiger partial charge in [0.05, 0.1) is 18.2 Å². The van der Waals surface area contributed by atoms with Crippen LogP contribution in [0.5, 0.6) is 0 Å². The van der Waals surface area contributed by atoms with Crippen molar-refractivity contribution in [2.45, 2.75) is 31.3 Å². The van der Waals surface area contributed by atoms with Crippen molar-refractivity contribution in [2.24, 2.45) is 5.73 Å². The van der Waals surface area contributed by atoms with Gasteiger partial charge in [0.15, 0.2) is 0 Å². The van der Waals surface area contributed by atoms with E-state index in [0.29, 0.717) is 0 Å². The van der Waals surface area contributed by atoms with Gasteiger partial charge in [-0.2, -0.15) is 0 Å². The van der Waals surface area contributed by atoms with Gasteiger partial charge in [-0.1, -0.05) is 0 Å². The van der Waals surface area contributed by atoms with Crippen LogP contribution in [0.4, 0.5) is 0 Å². The number of hydrogen-bond acceptors (Lipinski definition) is 5. The molecule has 0 aliphatic rings. The predicted octanol–water partition coefficient (Wildman–Crippen LogP) is -2.38. The van der Waals surface area contributed by atoms with E-state index in [1.165, 1.54) is 6.92 Å². The van der Waals surface area contributed by atoms with Crippen LogP contribution in [-0.4, -0.2) is 46.0 Å². The summed E-state index contributed by atoms with van der Waals surface area (Å²) in [7, 11) is 0. The first-order valence-corrected chi connectivity index (χ1v) is 3.25. The number of nitrogens with two attached hydrogens (primary N) is 1. The lowest BCUT2D eigenvalue weighted by molar-refractivity contribution is -0.118. The first kappa shape index (κ1) is 10.5. The molecule has 0 heterocycles. The van der Waals surface area contributed by atoms with Crippen LogP contribution >= 0.6 is 0 Å². The molecule has 11 heavy (non-hydrogen) atoms. The Bertz CT molecular complexity index is 128. The number of rotatable bonds is 4. The van der Waals surface area contributed by atoms with Gasteiger partial charge in [0.1, 0.15) is 12.4 Å². The van der Waals surface area contributed by atoms with Crippen molar-refractivity contribution in [1.29, 1.82) is 0 Å². The van der Waals surface area contributed by atoms with Crippen LogP contribution in [0.3, 0.4) is 0 Å². The molecule has 0 aromatic carbocycles. The Morgan fingerprint density at radius 2 is 1.82 bits per heavy atom. The number of carbonyl (C=O) groups excluding carboxylic acids is 1. The number of hydrogen-bond donors (Lipinski definition) is 4. The maximum Gasteiger partial charge on any atom is 0.150 e. The smallest absolute Gasteiger partial charge is 0.150 e. The summed E-state index contributed by atoms with van der Waals surface area (Å²) in [4.78, 5) is 9.95. The van der Waals surface area contributed by atoms with Crippen molar-refractivity contribution in [3.63, 3.8) is 0 Å². The van der Waals surface area contributed by atoms with Crippen molar-refractivity contribution >= 4 is 6.29 Å². The maximum absolute atomic E-state index is 9.95. The molecule has 0 rings (SSSR count). The average Bonchev–Trinajstić information content (AvgIpc) is 2.00. The molecule has 0 aromatic heterocycles. The molecule has 0 spiro atoms. The number of aliphatic hydroxyl groups is 3. The van der Waals surface area contributed by atoms with Crippen LogP contribution in [-0.2, 0) is 4.79 Å². The first-order chi connectivity index (χ1) is 5.00. The van der Waals surface area contributed by atoms with Gasteiger partial charge < -0.3 is 25.8 Å². The van der Waals surface area contributed by atoms with E-state index in [1.807, 2.05) is 0 Å². The molecule has 5 heteroatoms. The summed E-state index contributed by atoms with van der Waals surface area (Å²) in [5.41, 5.74) is 5.18. The van der Waals surface area contributed by atoms with E-state index >= 15 is 0 Å². The summed E-state index contributed by atoms with van der Waals surface area (Å²) in [6.07, 6.45) is -3.55. The van der Waals surface area contributed by atoms with Crippen molar-refractivity contribution in [2.75, 3.05) is 0 Å². The summed E-state index contributed by atoms with van der Waals surface area (Å²) < 4.78 is 0. The number of aliphatic hydroxyl groups excluding tert-OH is 3. The Morgan fingerprint density at radius 1 is 1.36 bits per heavy atom. The molecule has 0 aliphatic carbocycles. The largest absolute Gasteiger partial charge is 0.391 e. The van der Waals surface area contributed by atoms with E-state index in [2.05, 4.69) is 0 Å². The third-order valence-electron chi connectivity index (χ3n) is 1.42. The summed E-state index contributed by atoms with van der Waals surface area (Å²) in [6, 6.07) is -1.13. The monoisotopic (exact) mass is 163 g/mol. The lowest BCUT2D eigenvalue weighted by Gasteiger charge is -2.22. The molecule has 0 aromatic rings. The van der Waals surface area contributed by atoms with E-state index < -0.39 is 24.4 Å². The summed E-state index contributed by atoms with van der Waals surface area (Å²) >= 11 is 0. The minimum Gasteiger partial charge on any atom is -0.391 e. The maximum atomic E-state index is 9.95. The zero-order valence-electron chi connectivity index (χ0n) is 6.21. The molecule has 4 atom stereocenters. The molecule has 0 fully saturated rings. The van der Waals surface area contributed by atoms with E-state index in [-0.39, 0.29) is 6.29 Å². The minimum atomic E-state index is -1.43. The van der Waals surface area contributed by atoms with Gasteiger partial charge in [0.25, 0.3) is 0 Å². The fourth-order valence-electron chi connectivity index (χ4n) is 0.614. The molecule has 0 bridgehead atoms. The molecule has 5 N–H and O–H groups in total. The van der Waals surface area contributed by atoms with Gasteiger partial charge in [0, 0.05) is 0 Å². The van der Waals surface area contributed by atoms with E-state index in [4.69, 9.17) is 21.1 Å². The normalized spacial score (nSPS) is 21.9. The Labute approximate surface area is 64.4 Å². The topological polar surface area (TPSA) is 104 Å². The zero-order chi connectivity index (χ0) is 9.02. The molecule has 0 unspecified atom stereocenters. The third kappa shape index (κ3) is 2.94. The summed E-state index contributed by atoms with van der Waals surface area (Å²) in [5, 5.41) is 26.6. The van der Waals surface area contributed by atoms with Gasteiger partial charge in [0.2, 0.25) is 0 Å². The minimum absolute atomic E-state index is 0.219. The van der Waals surface area contributed by atoms with E-state index in [1.54, 1.807) is 0 Å². The number of aldehydes is 1. The average molecular weight is 163 g/mol. The fraction of sp³-hybridized carbons (Fsp3) is 0.833. The van der Waals surface area contributed by atoms with E-state index in [0.717, 1.165) is 0 Å². The Balaban J connectivity index is 4.00. The molecule has 0 aliphatic heterocycles. The van der Waals surface area contributed by atoms with Crippen LogP contribution in [0.2, 0.25) is 0 Å². The quantitative estimate of drug-likeness (QED) is 0.346. The highest BCUT2D eigenvalue weighted by Crippen LogP contribution is 2.00. The molecule has 0 saturated heterocycles. The van der Waals surface area contributed by atoms with Crippen LogP contribution in [0.25, 0.3) is 0 Å². The van der Waals surface area contributed by atoms with Crippen LogP contribution < -0.4 is 5.73 Å². The summed E-state index contributed by atoms with van der Waals surface area (Å²) in [5.74, 6) is 0. The van der Waals surface area contributed by atoms with Gasteiger partial charge in [-0.05, 0) is 6.92 Å². The molecule has 0 radical (unpaired) electrons. The highest BCUT2D eigenvalue weighted by Gasteiger charge is 2.25. The molecule has 0 amide bonds. The molecule has 66 valence electrons. The van der Waals surface area contributed by atoms with Crippen molar-refractivity contribution < 1.29 is 20.1 Å². The van der Waals surface area contributed by atoms with Crippen LogP contribution in [0.1, 0.15) is 6.92 Å². The van der Waals surface area contributed by atoms with Crippen molar-refractivity contribution in [3.05, 3.63) is 0 Å². The molecular formula is C6H13NO4. The predicted molar refractivity (Wildman–Crippen MR) is 37.7 cm³/mol. The number of carbonyl (C=O) groups is 1. The van der Waals surface area contributed by atoms with Gasteiger partial charge in [-0.25, -0.2) is 0 Å². The molecule has 5 nitrogen and oxygen atoms in total. The van der Waals surface area contributed by atoms with E-state index in [9.17, 15) is 4.79 Å².